The number of likely N-dealkylation sites (tertiary alicyclic amines) is 2. The zero-order valence-electron chi connectivity index (χ0n) is 15.6. The molecule has 1 aromatic rings. The van der Waals surface area contributed by atoms with Crippen molar-refractivity contribution in [1.29, 1.82) is 0 Å². The van der Waals surface area contributed by atoms with Crippen LogP contribution >= 0.6 is 0 Å². The van der Waals surface area contributed by atoms with Crippen LogP contribution in [-0.2, 0) is 11.3 Å². The molecule has 1 N–H and O–H groups in total. The van der Waals surface area contributed by atoms with Gasteiger partial charge in [0.1, 0.15) is 5.75 Å². The summed E-state index contributed by atoms with van der Waals surface area (Å²) in [6, 6.07) is 8.30. The first kappa shape index (κ1) is 17.6. The minimum Gasteiger partial charge on any atom is -0.496 e. The smallest absolute Gasteiger partial charge is 0.317 e. The van der Waals surface area contributed by atoms with Crippen molar-refractivity contribution < 1.29 is 14.3 Å². The first-order chi connectivity index (χ1) is 12.7. The Kier molecular flexibility index (Phi) is 5.05. The molecule has 26 heavy (non-hydrogen) atoms. The summed E-state index contributed by atoms with van der Waals surface area (Å²) in [7, 11) is 1.72. The Hall–Kier alpha value is -1.79. The van der Waals surface area contributed by atoms with Gasteiger partial charge in [-0.1, -0.05) is 18.2 Å². The van der Waals surface area contributed by atoms with E-state index >= 15 is 0 Å². The standard InChI is InChI=1S/C20H29N3O3/c1-25-18-7-3-2-6-16(18)10-22-11-17-12-26-15-20(17,14-22)13-21-19(24)23-8-4-5-9-23/h2-3,6-7,17H,4-5,8-15H2,1H3,(H,21,24)/t17-,20+/m1/s1. The lowest BCUT2D eigenvalue weighted by Gasteiger charge is -2.29. The Morgan fingerprint density at radius 1 is 1.35 bits per heavy atom. The SMILES string of the molecule is COc1ccccc1CN1C[C@@H]2COC[C@]2(CNC(=O)N2CCCC2)C1. The number of nitrogens with zero attached hydrogens (tertiary/aromatic N) is 2. The number of benzene rings is 1. The molecule has 4 rings (SSSR count). The molecule has 2 amide bonds. The molecule has 0 unspecified atom stereocenters. The molecule has 2 atom stereocenters. The zero-order valence-corrected chi connectivity index (χ0v) is 15.6. The van der Waals surface area contributed by atoms with Crippen LogP contribution in [0.4, 0.5) is 4.79 Å². The molecule has 0 radical (unpaired) electrons. The molecular formula is C20H29N3O3. The van der Waals surface area contributed by atoms with E-state index in [1.807, 2.05) is 17.0 Å². The van der Waals surface area contributed by atoms with Crippen molar-refractivity contribution in [3.63, 3.8) is 0 Å². The molecule has 6 heteroatoms. The highest BCUT2D eigenvalue weighted by Crippen LogP contribution is 2.41. The predicted octanol–water partition coefficient (Wildman–Crippen LogP) is 1.95. The van der Waals surface area contributed by atoms with Crippen molar-refractivity contribution in [3.8, 4) is 5.75 Å². The number of rotatable bonds is 5. The number of methoxy groups -OCH3 is 1. The van der Waals surface area contributed by atoms with Crippen LogP contribution < -0.4 is 10.1 Å². The molecule has 0 aromatic heterocycles. The summed E-state index contributed by atoms with van der Waals surface area (Å²) in [5, 5.41) is 3.19. The molecular weight excluding hydrogens is 330 g/mol. The van der Waals surface area contributed by atoms with E-state index in [1.165, 1.54) is 5.56 Å². The second-order valence-electron chi connectivity index (χ2n) is 7.91. The Morgan fingerprint density at radius 3 is 2.96 bits per heavy atom. The highest BCUT2D eigenvalue weighted by atomic mass is 16.5. The summed E-state index contributed by atoms with van der Waals surface area (Å²) in [5.41, 5.74) is 1.25. The molecule has 3 saturated heterocycles. The van der Waals surface area contributed by atoms with Gasteiger partial charge in [-0.05, 0) is 18.9 Å². The number of hydrogen-bond donors (Lipinski definition) is 1. The van der Waals surface area contributed by atoms with E-state index in [2.05, 4.69) is 22.3 Å². The summed E-state index contributed by atoms with van der Waals surface area (Å²) in [6.07, 6.45) is 2.24. The molecule has 3 aliphatic heterocycles. The third kappa shape index (κ3) is 3.40. The molecule has 1 aromatic carbocycles. The second-order valence-corrected chi connectivity index (χ2v) is 7.91. The van der Waals surface area contributed by atoms with Crippen LogP contribution in [0.2, 0.25) is 0 Å². The maximum atomic E-state index is 12.4. The Bertz CT molecular complexity index is 647. The average molecular weight is 359 g/mol. The lowest BCUT2D eigenvalue weighted by atomic mass is 9.81. The molecule has 3 aliphatic rings. The van der Waals surface area contributed by atoms with E-state index in [1.54, 1.807) is 7.11 Å². The third-order valence-corrected chi connectivity index (χ3v) is 6.16. The van der Waals surface area contributed by atoms with E-state index in [4.69, 9.17) is 9.47 Å². The van der Waals surface area contributed by atoms with E-state index in [9.17, 15) is 4.79 Å². The minimum atomic E-state index is 0.0391. The lowest BCUT2D eigenvalue weighted by molar-refractivity contribution is 0.124. The van der Waals surface area contributed by atoms with Gasteiger partial charge in [-0.25, -0.2) is 4.79 Å². The van der Waals surface area contributed by atoms with Crippen molar-refractivity contribution in [1.82, 2.24) is 15.1 Å². The van der Waals surface area contributed by atoms with Gasteiger partial charge in [-0.3, -0.25) is 4.90 Å². The molecule has 6 nitrogen and oxygen atoms in total. The van der Waals surface area contributed by atoms with Gasteiger partial charge in [0.15, 0.2) is 0 Å². The number of carbonyl (C=O) groups excluding carboxylic acids is 1. The van der Waals surface area contributed by atoms with Crippen LogP contribution in [0, 0.1) is 11.3 Å². The maximum absolute atomic E-state index is 12.4. The van der Waals surface area contributed by atoms with E-state index < -0.39 is 0 Å². The molecule has 3 heterocycles. The van der Waals surface area contributed by atoms with E-state index in [0.29, 0.717) is 12.5 Å². The summed E-state index contributed by atoms with van der Waals surface area (Å²) in [4.78, 5) is 16.8. The topological polar surface area (TPSA) is 54.0 Å². The van der Waals surface area contributed by atoms with Gasteiger partial charge in [0.2, 0.25) is 0 Å². The van der Waals surface area contributed by atoms with Crippen molar-refractivity contribution in [2.45, 2.75) is 19.4 Å². The third-order valence-electron chi connectivity index (χ3n) is 6.16. The number of carbonyl (C=O) groups is 1. The van der Waals surface area contributed by atoms with Gasteiger partial charge in [0, 0.05) is 56.2 Å². The van der Waals surface area contributed by atoms with Crippen LogP contribution in [0.1, 0.15) is 18.4 Å². The van der Waals surface area contributed by atoms with Crippen molar-refractivity contribution in [3.05, 3.63) is 29.8 Å². The van der Waals surface area contributed by atoms with Gasteiger partial charge in [-0.15, -0.1) is 0 Å². The first-order valence-corrected chi connectivity index (χ1v) is 9.65. The largest absolute Gasteiger partial charge is 0.496 e. The maximum Gasteiger partial charge on any atom is 0.317 e. The first-order valence-electron chi connectivity index (χ1n) is 9.65. The zero-order chi connectivity index (χ0) is 18.0. The van der Waals surface area contributed by atoms with Crippen LogP contribution in [0.3, 0.4) is 0 Å². The van der Waals surface area contributed by atoms with E-state index in [-0.39, 0.29) is 11.4 Å². The number of hydrogen-bond acceptors (Lipinski definition) is 4. The quantitative estimate of drug-likeness (QED) is 0.873. The van der Waals surface area contributed by atoms with Crippen molar-refractivity contribution in [2.75, 3.05) is 53.0 Å². The number of para-hydroxylation sites is 1. The summed E-state index contributed by atoms with van der Waals surface area (Å²) >= 11 is 0. The van der Waals surface area contributed by atoms with Gasteiger partial charge >= 0.3 is 6.03 Å². The molecule has 3 fully saturated rings. The molecule has 0 saturated carbocycles. The lowest BCUT2D eigenvalue weighted by Crippen LogP contribution is -2.47. The van der Waals surface area contributed by atoms with Gasteiger partial charge in [0.05, 0.1) is 20.3 Å². The van der Waals surface area contributed by atoms with Crippen LogP contribution in [0.15, 0.2) is 24.3 Å². The highest BCUT2D eigenvalue weighted by molar-refractivity contribution is 5.74. The summed E-state index contributed by atoms with van der Waals surface area (Å²) in [5.74, 6) is 1.42. The second kappa shape index (κ2) is 7.45. The molecule has 142 valence electrons. The van der Waals surface area contributed by atoms with Crippen LogP contribution in [0.25, 0.3) is 0 Å². The Balaban J connectivity index is 1.39. The fraction of sp³-hybridized carbons (Fsp3) is 0.650. The highest BCUT2D eigenvalue weighted by Gasteiger charge is 2.50. The number of amides is 2. The van der Waals surface area contributed by atoms with Gasteiger partial charge in [-0.2, -0.15) is 0 Å². The number of fused-ring (bicyclic) bond motifs is 1. The van der Waals surface area contributed by atoms with Gasteiger partial charge < -0.3 is 19.7 Å². The number of urea groups is 1. The average Bonchev–Trinajstić information content (AvgIpc) is 3.36. The van der Waals surface area contributed by atoms with Crippen LogP contribution in [-0.4, -0.2) is 68.9 Å². The van der Waals surface area contributed by atoms with Crippen molar-refractivity contribution >= 4 is 6.03 Å². The predicted molar refractivity (Wildman–Crippen MR) is 99.2 cm³/mol. The van der Waals surface area contributed by atoms with Crippen molar-refractivity contribution in [2.24, 2.45) is 11.3 Å². The monoisotopic (exact) mass is 359 g/mol. The van der Waals surface area contributed by atoms with E-state index in [0.717, 1.165) is 64.5 Å². The number of ether oxygens (including phenoxy) is 2. The molecule has 0 spiro atoms. The Labute approximate surface area is 155 Å². The summed E-state index contributed by atoms with van der Waals surface area (Å²) < 4.78 is 11.3. The van der Waals surface area contributed by atoms with Gasteiger partial charge in [0.25, 0.3) is 0 Å². The van der Waals surface area contributed by atoms with Crippen LogP contribution in [0.5, 0.6) is 5.75 Å². The molecule has 0 bridgehead atoms. The number of nitrogens with one attached hydrogen (secondary N) is 1. The normalized spacial score (nSPS) is 28.3. The fourth-order valence-electron chi connectivity index (χ4n) is 4.67. The minimum absolute atomic E-state index is 0.0391. The Morgan fingerprint density at radius 2 is 2.15 bits per heavy atom. The fourth-order valence-corrected chi connectivity index (χ4v) is 4.67. The summed E-state index contributed by atoms with van der Waals surface area (Å²) in [6.45, 7) is 6.85. The molecule has 0 aliphatic carbocycles.